The second-order valence-electron chi connectivity index (χ2n) is 3.90. The largest absolute Gasteiger partial charge is 0.380 e. The number of nitro groups is 1. The summed E-state index contributed by atoms with van der Waals surface area (Å²) < 4.78 is 12.7. The number of hydrogen-bond donors (Lipinski definition) is 1. The molecule has 0 fully saturated rings. The fraction of sp³-hybridized carbons (Fsp3) is 0.0769. The van der Waals surface area contributed by atoms with Crippen LogP contribution >= 0.6 is 11.6 Å². The van der Waals surface area contributed by atoms with E-state index in [9.17, 15) is 14.5 Å². The highest BCUT2D eigenvalue weighted by molar-refractivity contribution is 6.33. The van der Waals surface area contributed by atoms with Crippen LogP contribution in [0.25, 0.3) is 0 Å². The third-order valence-electron chi connectivity index (χ3n) is 2.56. The molecule has 2 aromatic rings. The molecule has 0 aliphatic heterocycles. The van der Waals surface area contributed by atoms with Gasteiger partial charge in [0, 0.05) is 18.7 Å². The van der Waals surface area contributed by atoms with Crippen molar-refractivity contribution in [3.63, 3.8) is 0 Å². The summed E-state index contributed by atoms with van der Waals surface area (Å²) in [5.74, 6) is -0.308. The molecule has 0 spiro atoms. The number of benzene rings is 2. The lowest BCUT2D eigenvalue weighted by Gasteiger charge is -2.08. The molecule has 6 heteroatoms. The first-order valence-corrected chi connectivity index (χ1v) is 5.86. The van der Waals surface area contributed by atoms with Gasteiger partial charge in [-0.2, -0.15) is 0 Å². The van der Waals surface area contributed by atoms with E-state index in [1.165, 1.54) is 30.3 Å². The molecule has 0 saturated carbocycles. The van der Waals surface area contributed by atoms with Crippen LogP contribution in [0.5, 0.6) is 0 Å². The van der Waals surface area contributed by atoms with E-state index in [2.05, 4.69) is 5.32 Å². The Bertz CT molecular complexity index is 602. The minimum absolute atomic E-state index is 0.0361. The maximum atomic E-state index is 12.7. The van der Waals surface area contributed by atoms with Gasteiger partial charge in [0.25, 0.3) is 5.69 Å². The van der Waals surface area contributed by atoms with E-state index in [0.29, 0.717) is 17.3 Å². The summed E-state index contributed by atoms with van der Waals surface area (Å²) in [7, 11) is 0. The van der Waals surface area contributed by atoms with Gasteiger partial charge in [-0.3, -0.25) is 10.1 Å². The van der Waals surface area contributed by atoms with E-state index in [1.807, 2.05) is 0 Å². The second kappa shape index (κ2) is 5.67. The molecule has 0 atom stereocenters. The molecular formula is C13H10ClFN2O2. The van der Waals surface area contributed by atoms with Gasteiger partial charge >= 0.3 is 0 Å². The Morgan fingerprint density at radius 3 is 2.53 bits per heavy atom. The quantitative estimate of drug-likeness (QED) is 0.680. The monoisotopic (exact) mass is 280 g/mol. The summed E-state index contributed by atoms with van der Waals surface area (Å²) in [6.07, 6.45) is 0. The highest BCUT2D eigenvalue weighted by Crippen LogP contribution is 2.27. The van der Waals surface area contributed by atoms with Crippen LogP contribution in [-0.4, -0.2) is 4.92 Å². The van der Waals surface area contributed by atoms with E-state index in [-0.39, 0.29) is 11.5 Å². The molecule has 2 rings (SSSR count). The van der Waals surface area contributed by atoms with E-state index in [0.717, 1.165) is 5.56 Å². The first kappa shape index (κ1) is 13.3. The lowest BCUT2D eigenvalue weighted by Crippen LogP contribution is -2.00. The topological polar surface area (TPSA) is 55.2 Å². The molecule has 0 unspecified atom stereocenters. The first-order chi connectivity index (χ1) is 9.06. The molecule has 0 aromatic heterocycles. The predicted octanol–water partition coefficient (Wildman–Crippen LogP) is 4.00. The van der Waals surface area contributed by atoms with Crippen molar-refractivity contribution in [1.82, 2.24) is 0 Å². The molecule has 0 amide bonds. The van der Waals surface area contributed by atoms with E-state index in [1.54, 1.807) is 12.1 Å². The summed E-state index contributed by atoms with van der Waals surface area (Å²) in [6.45, 7) is 0.404. The molecule has 19 heavy (non-hydrogen) atoms. The van der Waals surface area contributed by atoms with Crippen molar-refractivity contribution in [1.29, 1.82) is 0 Å². The smallest absolute Gasteiger partial charge is 0.271 e. The van der Waals surface area contributed by atoms with E-state index in [4.69, 9.17) is 11.6 Å². The summed E-state index contributed by atoms with van der Waals surface area (Å²) in [5.41, 5.74) is 1.29. The highest BCUT2D eigenvalue weighted by atomic mass is 35.5. The number of non-ortho nitro benzene ring substituents is 1. The Kier molecular flexibility index (Phi) is 3.97. The fourth-order valence-corrected chi connectivity index (χ4v) is 1.75. The third kappa shape index (κ3) is 3.42. The Morgan fingerprint density at radius 2 is 1.89 bits per heavy atom. The molecule has 0 aliphatic rings. The minimum Gasteiger partial charge on any atom is -0.380 e. The molecular weight excluding hydrogens is 271 g/mol. The van der Waals surface area contributed by atoms with Crippen molar-refractivity contribution in [3.8, 4) is 0 Å². The number of nitrogens with zero attached hydrogens (tertiary/aromatic N) is 1. The van der Waals surface area contributed by atoms with Gasteiger partial charge < -0.3 is 5.32 Å². The standard InChI is InChI=1S/C13H10ClFN2O2/c14-12-6-5-11(17(18)19)7-13(12)16-8-9-1-3-10(15)4-2-9/h1-7,16H,8H2. The van der Waals surface area contributed by atoms with Crippen LogP contribution in [0.3, 0.4) is 0 Å². The van der Waals surface area contributed by atoms with Crippen molar-refractivity contribution in [2.45, 2.75) is 6.54 Å². The molecule has 98 valence electrons. The molecule has 4 nitrogen and oxygen atoms in total. The van der Waals surface area contributed by atoms with Crippen molar-refractivity contribution < 1.29 is 9.31 Å². The van der Waals surface area contributed by atoms with Gasteiger partial charge in [0.05, 0.1) is 15.6 Å². The zero-order valence-electron chi connectivity index (χ0n) is 9.77. The van der Waals surface area contributed by atoms with Gasteiger partial charge in [-0.15, -0.1) is 0 Å². The first-order valence-electron chi connectivity index (χ1n) is 5.48. The molecule has 0 aliphatic carbocycles. The van der Waals surface area contributed by atoms with Gasteiger partial charge in [-0.25, -0.2) is 4.39 Å². The number of anilines is 1. The van der Waals surface area contributed by atoms with E-state index < -0.39 is 4.92 Å². The predicted molar refractivity (Wildman–Crippen MR) is 71.8 cm³/mol. The van der Waals surface area contributed by atoms with Gasteiger partial charge in [0.15, 0.2) is 0 Å². The maximum absolute atomic E-state index is 12.7. The van der Waals surface area contributed by atoms with Crippen LogP contribution in [-0.2, 0) is 6.54 Å². The number of rotatable bonds is 4. The zero-order valence-corrected chi connectivity index (χ0v) is 10.5. The average Bonchev–Trinajstić information content (AvgIpc) is 2.39. The van der Waals surface area contributed by atoms with Gasteiger partial charge in [0.2, 0.25) is 0 Å². The number of nitro benzene ring substituents is 1. The van der Waals surface area contributed by atoms with Gasteiger partial charge in [-0.05, 0) is 23.8 Å². The molecule has 2 aromatic carbocycles. The number of hydrogen-bond acceptors (Lipinski definition) is 3. The number of halogens is 2. The third-order valence-corrected chi connectivity index (χ3v) is 2.89. The summed E-state index contributed by atoms with van der Waals surface area (Å²) in [4.78, 5) is 10.2. The summed E-state index contributed by atoms with van der Waals surface area (Å²) in [5, 5.41) is 14.1. The Morgan fingerprint density at radius 1 is 1.21 bits per heavy atom. The Hall–Kier alpha value is -2.14. The van der Waals surface area contributed by atoms with Crippen molar-refractivity contribution in [2.24, 2.45) is 0 Å². The Balaban J connectivity index is 2.12. The lowest BCUT2D eigenvalue weighted by molar-refractivity contribution is -0.384. The van der Waals surface area contributed by atoms with Crippen molar-refractivity contribution >= 4 is 23.0 Å². The van der Waals surface area contributed by atoms with Crippen LogP contribution in [0.4, 0.5) is 15.8 Å². The lowest BCUT2D eigenvalue weighted by atomic mass is 10.2. The van der Waals surface area contributed by atoms with Gasteiger partial charge in [0.1, 0.15) is 5.82 Å². The van der Waals surface area contributed by atoms with E-state index >= 15 is 0 Å². The fourth-order valence-electron chi connectivity index (χ4n) is 1.56. The van der Waals surface area contributed by atoms with Crippen LogP contribution in [0.1, 0.15) is 5.56 Å². The normalized spacial score (nSPS) is 10.2. The van der Waals surface area contributed by atoms with Crippen LogP contribution in [0.2, 0.25) is 5.02 Å². The summed E-state index contributed by atoms with van der Waals surface area (Å²) in [6, 6.07) is 10.1. The molecule has 1 N–H and O–H groups in total. The average molecular weight is 281 g/mol. The van der Waals surface area contributed by atoms with Crippen molar-refractivity contribution in [3.05, 3.63) is 69.0 Å². The number of nitrogens with one attached hydrogen (secondary N) is 1. The molecule has 0 radical (unpaired) electrons. The second-order valence-corrected chi connectivity index (χ2v) is 4.31. The SMILES string of the molecule is O=[N+]([O-])c1ccc(Cl)c(NCc2ccc(F)cc2)c1. The highest BCUT2D eigenvalue weighted by Gasteiger charge is 2.09. The molecule has 0 saturated heterocycles. The van der Waals surface area contributed by atoms with Crippen molar-refractivity contribution in [2.75, 3.05) is 5.32 Å². The van der Waals surface area contributed by atoms with Crippen LogP contribution in [0.15, 0.2) is 42.5 Å². The molecule has 0 heterocycles. The maximum Gasteiger partial charge on any atom is 0.271 e. The Labute approximate surface area is 114 Å². The minimum atomic E-state index is -0.487. The van der Waals surface area contributed by atoms with Gasteiger partial charge in [-0.1, -0.05) is 23.7 Å². The van der Waals surface area contributed by atoms with Crippen LogP contribution in [0, 0.1) is 15.9 Å². The molecule has 0 bridgehead atoms. The zero-order chi connectivity index (χ0) is 13.8. The van der Waals surface area contributed by atoms with Crippen LogP contribution < -0.4 is 5.32 Å². The summed E-state index contributed by atoms with van der Waals surface area (Å²) >= 11 is 5.95.